The van der Waals surface area contributed by atoms with Crippen LogP contribution in [0.5, 0.6) is 5.75 Å². The number of ether oxygens (including phenoxy) is 1. The van der Waals surface area contributed by atoms with Crippen LogP contribution in [0.2, 0.25) is 0 Å². The molecule has 110 valence electrons. The summed E-state index contributed by atoms with van der Waals surface area (Å²) in [4.78, 5) is 11.9. The number of hydrogen-bond acceptors (Lipinski definition) is 3. The molecule has 0 spiro atoms. The lowest BCUT2D eigenvalue weighted by molar-refractivity contribution is 0.0976. The largest absolute Gasteiger partial charge is 0.493 e. The van der Waals surface area contributed by atoms with E-state index in [0.29, 0.717) is 23.2 Å². The molecule has 2 N–H and O–H groups in total. The molecule has 0 atom stereocenters. The van der Waals surface area contributed by atoms with Crippen molar-refractivity contribution in [3.8, 4) is 5.75 Å². The van der Waals surface area contributed by atoms with Gasteiger partial charge < -0.3 is 10.1 Å². The van der Waals surface area contributed by atoms with Crippen molar-refractivity contribution in [2.24, 2.45) is 5.92 Å². The van der Waals surface area contributed by atoms with Crippen LogP contribution in [0.1, 0.15) is 38.1 Å². The van der Waals surface area contributed by atoms with Gasteiger partial charge in [-0.05, 0) is 56.2 Å². The number of benzene rings is 1. The van der Waals surface area contributed by atoms with Crippen molar-refractivity contribution < 1.29 is 9.53 Å². The van der Waals surface area contributed by atoms with Crippen LogP contribution in [-0.4, -0.2) is 23.7 Å². The first-order valence-electron chi connectivity index (χ1n) is 6.73. The quantitative estimate of drug-likeness (QED) is 0.820. The molecule has 0 unspecified atom stereocenters. The Labute approximate surface area is 125 Å². The summed E-state index contributed by atoms with van der Waals surface area (Å²) in [6.45, 7) is 8.75. The van der Waals surface area contributed by atoms with Gasteiger partial charge in [0.1, 0.15) is 5.75 Å². The number of carbonyl (C=O) groups is 1. The summed E-state index contributed by atoms with van der Waals surface area (Å²) in [5, 5.41) is 5.94. The van der Waals surface area contributed by atoms with Gasteiger partial charge in [-0.3, -0.25) is 10.1 Å². The van der Waals surface area contributed by atoms with Gasteiger partial charge in [0.05, 0.1) is 6.61 Å². The smallest absolute Gasteiger partial charge is 0.257 e. The Morgan fingerprint density at radius 1 is 1.20 bits per heavy atom. The van der Waals surface area contributed by atoms with Crippen LogP contribution in [0, 0.1) is 5.92 Å². The second-order valence-corrected chi connectivity index (χ2v) is 5.72. The number of rotatable bonds is 5. The van der Waals surface area contributed by atoms with Gasteiger partial charge in [0.15, 0.2) is 5.11 Å². The molecule has 0 saturated carbocycles. The second-order valence-electron chi connectivity index (χ2n) is 5.31. The molecule has 0 aromatic heterocycles. The van der Waals surface area contributed by atoms with Gasteiger partial charge in [-0.2, -0.15) is 0 Å². The lowest BCUT2D eigenvalue weighted by atomic mass is 10.2. The van der Waals surface area contributed by atoms with E-state index in [4.69, 9.17) is 17.0 Å². The molecule has 5 heteroatoms. The van der Waals surface area contributed by atoms with E-state index in [9.17, 15) is 4.79 Å². The molecule has 0 bridgehead atoms. The first-order valence-corrected chi connectivity index (χ1v) is 7.14. The highest BCUT2D eigenvalue weighted by atomic mass is 32.1. The highest BCUT2D eigenvalue weighted by molar-refractivity contribution is 7.80. The number of amides is 1. The highest BCUT2D eigenvalue weighted by Gasteiger charge is 2.08. The van der Waals surface area contributed by atoms with Crippen LogP contribution in [0.15, 0.2) is 24.3 Å². The number of hydrogen-bond donors (Lipinski definition) is 2. The molecule has 0 aliphatic heterocycles. The minimum absolute atomic E-state index is 0.189. The van der Waals surface area contributed by atoms with Crippen LogP contribution < -0.4 is 15.4 Å². The standard InChI is InChI=1S/C15H22N2O2S/c1-10(2)9-19-13-7-5-12(6-8-13)14(18)17-15(20)16-11(3)4/h5-8,10-11H,9H2,1-4H3,(H2,16,17,18,20). The molecule has 0 fully saturated rings. The third-order valence-corrected chi connectivity index (χ3v) is 2.57. The van der Waals surface area contributed by atoms with E-state index in [2.05, 4.69) is 24.5 Å². The zero-order chi connectivity index (χ0) is 15.1. The van der Waals surface area contributed by atoms with E-state index < -0.39 is 0 Å². The SMILES string of the molecule is CC(C)COc1ccc(C(=O)NC(=S)NC(C)C)cc1. The molecule has 0 aliphatic carbocycles. The van der Waals surface area contributed by atoms with E-state index in [1.54, 1.807) is 24.3 Å². The summed E-state index contributed by atoms with van der Waals surface area (Å²) in [6.07, 6.45) is 0. The Hall–Kier alpha value is -1.62. The lowest BCUT2D eigenvalue weighted by Crippen LogP contribution is -2.42. The van der Waals surface area contributed by atoms with Crippen LogP contribution in [-0.2, 0) is 0 Å². The summed E-state index contributed by atoms with van der Waals surface area (Å²) in [7, 11) is 0. The molecule has 1 amide bonds. The molecule has 0 radical (unpaired) electrons. The third-order valence-electron chi connectivity index (χ3n) is 2.35. The van der Waals surface area contributed by atoms with E-state index in [1.165, 1.54) is 0 Å². The molecular weight excluding hydrogens is 272 g/mol. The molecule has 1 aromatic rings. The predicted octanol–water partition coefficient (Wildman–Crippen LogP) is 2.73. The normalized spacial score (nSPS) is 10.5. The zero-order valence-electron chi connectivity index (χ0n) is 12.4. The number of thiocarbonyl (C=S) groups is 1. The second kappa shape index (κ2) is 7.85. The van der Waals surface area contributed by atoms with Crippen molar-refractivity contribution in [1.82, 2.24) is 10.6 Å². The topological polar surface area (TPSA) is 50.4 Å². The summed E-state index contributed by atoms with van der Waals surface area (Å²) in [5.41, 5.74) is 0.551. The maximum Gasteiger partial charge on any atom is 0.257 e. The lowest BCUT2D eigenvalue weighted by Gasteiger charge is -2.12. The maximum absolute atomic E-state index is 11.9. The fourth-order valence-electron chi connectivity index (χ4n) is 1.44. The van der Waals surface area contributed by atoms with Crippen LogP contribution >= 0.6 is 12.2 Å². The first kappa shape index (κ1) is 16.4. The molecule has 0 saturated heterocycles. The Bertz CT molecular complexity index is 455. The maximum atomic E-state index is 11.9. The predicted molar refractivity (Wildman–Crippen MR) is 85.1 cm³/mol. The minimum Gasteiger partial charge on any atom is -0.493 e. The van der Waals surface area contributed by atoms with Crippen molar-refractivity contribution in [3.63, 3.8) is 0 Å². The van der Waals surface area contributed by atoms with Crippen molar-refractivity contribution in [3.05, 3.63) is 29.8 Å². The molecule has 20 heavy (non-hydrogen) atoms. The summed E-state index contributed by atoms with van der Waals surface area (Å²) in [5.74, 6) is 1.01. The molecule has 4 nitrogen and oxygen atoms in total. The van der Waals surface area contributed by atoms with Gasteiger partial charge in [-0.15, -0.1) is 0 Å². The average Bonchev–Trinajstić information content (AvgIpc) is 2.35. The molecule has 1 rings (SSSR count). The fraction of sp³-hybridized carbons (Fsp3) is 0.467. The first-order chi connectivity index (χ1) is 9.38. The average molecular weight is 294 g/mol. The van der Waals surface area contributed by atoms with Gasteiger partial charge in [0.25, 0.3) is 5.91 Å². The van der Waals surface area contributed by atoms with Crippen molar-refractivity contribution in [2.75, 3.05) is 6.61 Å². The molecule has 0 aliphatic rings. The van der Waals surface area contributed by atoms with E-state index in [0.717, 1.165) is 5.75 Å². The summed E-state index contributed by atoms with van der Waals surface area (Å²) < 4.78 is 5.57. The van der Waals surface area contributed by atoms with Gasteiger partial charge in [-0.25, -0.2) is 0 Å². The highest BCUT2D eigenvalue weighted by Crippen LogP contribution is 2.13. The Balaban J connectivity index is 2.55. The van der Waals surface area contributed by atoms with Gasteiger partial charge in [0.2, 0.25) is 0 Å². The van der Waals surface area contributed by atoms with Crippen LogP contribution in [0.4, 0.5) is 0 Å². The minimum atomic E-state index is -0.224. The molecule has 0 heterocycles. The van der Waals surface area contributed by atoms with Gasteiger partial charge in [0, 0.05) is 11.6 Å². The van der Waals surface area contributed by atoms with Gasteiger partial charge >= 0.3 is 0 Å². The van der Waals surface area contributed by atoms with E-state index in [1.807, 2.05) is 13.8 Å². The Morgan fingerprint density at radius 2 is 1.80 bits per heavy atom. The summed E-state index contributed by atoms with van der Waals surface area (Å²) in [6, 6.07) is 7.22. The monoisotopic (exact) mass is 294 g/mol. The summed E-state index contributed by atoms with van der Waals surface area (Å²) >= 11 is 5.03. The van der Waals surface area contributed by atoms with Crippen LogP contribution in [0.25, 0.3) is 0 Å². The van der Waals surface area contributed by atoms with Crippen molar-refractivity contribution >= 4 is 23.2 Å². The Morgan fingerprint density at radius 3 is 2.30 bits per heavy atom. The fourth-order valence-corrected chi connectivity index (χ4v) is 1.77. The van der Waals surface area contributed by atoms with Crippen molar-refractivity contribution in [2.45, 2.75) is 33.7 Å². The zero-order valence-corrected chi connectivity index (χ0v) is 13.2. The third kappa shape index (κ3) is 6.02. The number of carbonyl (C=O) groups excluding carboxylic acids is 1. The van der Waals surface area contributed by atoms with E-state index in [-0.39, 0.29) is 11.9 Å². The van der Waals surface area contributed by atoms with E-state index >= 15 is 0 Å². The molecular formula is C15H22N2O2S. The Kier molecular flexibility index (Phi) is 6.45. The van der Waals surface area contributed by atoms with Crippen LogP contribution in [0.3, 0.4) is 0 Å². The molecule has 1 aromatic carbocycles. The number of nitrogens with one attached hydrogen (secondary N) is 2. The van der Waals surface area contributed by atoms with Gasteiger partial charge in [-0.1, -0.05) is 13.8 Å². The van der Waals surface area contributed by atoms with Crippen molar-refractivity contribution in [1.29, 1.82) is 0 Å².